The molecule has 1 atom stereocenters. The van der Waals surface area contributed by atoms with Gasteiger partial charge < -0.3 is 4.74 Å². The molecule has 0 aromatic rings. The third kappa shape index (κ3) is 2.45. The number of ether oxygens (including phenoxy) is 1. The van der Waals surface area contributed by atoms with Crippen LogP contribution in [0.15, 0.2) is 0 Å². The van der Waals surface area contributed by atoms with Crippen molar-refractivity contribution in [1.82, 2.24) is 0 Å². The van der Waals surface area contributed by atoms with Crippen LogP contribution in [0.3, 0.4) is 0 Å². The Morgan fingerprint density at radius 1 is 1.18 bits per heavy atom. The minimum Gasteiger partial charge on any atom is -0.355 e. The van der Waals surface area contributed by atoms with E-state index >= 15 is 0 Å². The fraction of sp³-hybridized carbons (Fsp3) is 0.909. The normalized spacial score (nSPS) is 34.0. The van der Waals surface area contributed by atoms with Gasteiger partial charge in [-0.15, -0.1) is 0 Å². The first-order valence-corrected chi connectivity index (χ1v) is 6.95. The maximum absolute atomic E-state index is 12.3. The molecule has 2 aliphatic rings. The molecule has 0 bridgehead atoms. The van der Waals surface area contributed by atoms with Crippen LogP contribution in [0.1, 0.15) is 38.5 Å². The number of ketones is 1. The van der Waals surface area contributed by atoms with Gasteiger partial charge in [0.1, 0.15) is 5.78 Å². The third-order valence-corrected chi connectivity index (χ3v) is 4.87. The van der Waals surface area contributed by atoms with E-state index in [1.165, 1.54) is 6.42 Å². The molecule has 0 aromatic carbocycles. The first kappa shape index (κ1) is 13.9. The summed E-state index contributed by atoms with van der Waals surface area (Å²) in [6, 6.07) is 0. The lowest BCUT2D eigenvalue weighted by Crippen LogP contribution is -2.62. The van der Waals surface area contributed by atoms with Crippen LogP contribution in [-0.2, 0) is 9.53 Å². The van der Waals surface area contributed by atoms with Crippen molar-refractivity contribution in [3.63, 3.8) is 0 Å². The summed E-state index contributed by atoms with van der Waals surface area (Å²) >= 11 is 17.3. The summed E-state index contributed by atoms with van der Waals surface area (Å²) in [5.41, 5.74) is 4.01. The number of rotatable bonds is 0. The molecular formula is C11H16Cl3NO2. The summed E-state index contributed by atoms with van der Waals surface area (Å²) in [6.45, 7) is 0.274. The maximum Gasteiger partial charge on any atom is 0.232 e. The second kappa shape index (κ2) is 4.53. The number of carbonyl (C=O) groups excluding carboxylic acids is 1. The molecule has 98 valence electrons. The largest absolute Gasteiger partial charge is 0.355 e. The number of Topliss-reactive ketones (excluding diaryl/α,β-unsaturated/α-hetero) is 1. The highest BCUT2D eigenvalue weighted by Gasteiger charge is 2.56. The highest BCUT2D eigenvalue weighted by molar-refractivity contribution is 6.68. The molecule has 3 nitrogen and oxygen atoms in total. The second-order valence-electron chi connectivity index (χ2n) is 5.12. The molecule has 1 saturated carbocycles. The maximum atomic E-state index is 12.3. The van der Waals surface area contributed by atoms with Crippen LogP contribution in [0, 0.1) is 5.41 Å². The standard InChI is InChI=1S/C11H16Cl3NO2/c12-11(13,14)10(15)6-8(16)9(7-17-10)4-2-1-3-5-9/h1-7,15H2. The Balaban J connectivity index is 2.15. The molecule has 0 radical (unpaired) electrons. The van der Waals surface area contributed by atoms with E-state index in [2.05, 4.69) is 0 Å². The molecule has 1 spiro atoms. The van der Waals surface area contributed by atoms with Gasteiger partial charge in [0.25, 0.3) is 0 Å². The topological polar surface area (TPSA) is 52.3 Å². The summed E-state index contributed by atoms with van der Waals surface area (Å²) in [5, 5.41) is 0. The Kier molecular flexibility index (Phi) is 3.70. The van der Waals surface area contributed by atoms with E-state index in [0.29, 0.717) is 0 Å². The van der Waals surface area contributed by atoms with Crippen molar-refractivity contribution in [3.8, 4) is 0 Å². The van der Waals surface area contributed by atoms with E-state index < -0.39 is 9.52 Å². The molecule has 6 heteroatoms. The van der Waals surface area contributed by atoms with E-state index in [4.69, 9.17) is 45.3 Å². The molecule has 2 rings (SSSR count). The van der Waals surface area contributed by atoms with Crippen LogP contribution < -0.4 is 5.73 Å². The minimum absolute atomic E-state index is 0.0243. The van der Waals surface area contributed by atoms with E-state index in [1.54, 1.807) is 0 Å². The Morgan fingerprint density at radius 2 is 1.76 bits per heavy atom. The average Bonchev–Trinajstić information content (AvgIpc) is 2.25. The zero-order valence-corrected chi connectivity index (χ0v) is 11.7. The first-order valence-electron chi connectivity index (χ1n) is 5.82. The van der Waals surface area contributed by atoms with Crippen LogP contribution >= 0.6 is 34.8 Å². The van der Waals surface area contributed by atoms with Crippen molar-refractivity contribution in [1.29, 1.82) is 0 Å². The molecule has 1 unspecified atom stereocenters. The summed E-state index contributed by atoms with van der Waals surface area (Å²) in [4.78, 5) is 12.3. The van der Waals surface area contributed by atoms with E-state index in [0.717, 1.165) is 25.7 Å². The van der Waals surface area contributed by atoms with Gasteiger partial charge in [0.15, 0.2) is 5.72 Å². The fourth-order valence-electron chi connectivity index (χ4n) is 2.66. The van der Waals surface area contributed by atoms with E-state index in [9.17, 15) is 4.79 Å². The van der Waals surface area contributed by atoms with Gasteiger partial charge >= 0.3 is 0 Å². The number of hydrogen-bond donors (Lipinski definition) is 1. The fourth-order valence-corrected chi connectivity index (χ4v) is 3.02. The molecule has 17 heavy (non-hydrogen) atoms. The zero-order chi connectivity index (χ0) is 12.7. The highest BCUT2D eigenvalue weighted by Crippen LogP contribution is 2.48. The molecule has 0 amide bonds. The van der Waals surface area contributed by atoms with Gasteiger partial charge in [0, 0.05) is 0 Å². The Bertz CT molecular complexity index is 323. The van der Waals surface area contributed by atoms with Gasteiger partial charge in [-0.2, -0.15) is 0 Å². The van der Waals surface area contributed by atoms with Gasteiger partial charge in [0.05, 0.1) is 18.4 Å². The summed E-state index contributed by atoms with van der Waals surface area (Å²) in [7, 11) is 0. The Labute approximate surface area is 116 Å². The van der Waals surface area contributed by atoms with Gasteiger partial charge in [0.2, 0.25) is 3.79 Å². The summed E-state index contributed by atoms with van der Waals surface area (Å²) in [6.07, 6.45) is 4.99. The lowest BCUT2D eigenvalue weighted by Gasteiger charge is -2.47. The van der Waals surface area contributed by atoms with Crippen molar-refractivity contribution in [2.45, 2.75) is 48.0 Å². The SMILES string of the molecule is NC1(C(Cl)(Cl)Cl)CC(=O)C2(CCCCC2)CO1. The Morgan fingerprint density at radius 3 is 2.24 bits per heavy atom. The van der Waals surface area contributed by atoms with Crippen LogP contribution in [0.4, 0.5) is 0 Å². The molecule has 2 N–H and O–H groups in total. The zero-order valence-electron chi connectivity index (χ0n) is 9.48. The van der Waals surface area contributed by atoms with Gasteiger partial charge in [-0.05, 0) is 12.8 Å². The van der Waals surface area contributed by atoms with Crippen molar-refractivity contribution in [2.24, 2.45) is 11.1 Å². The van der Waals surface area contributed by atoms with Crippen LogP contribution in [0.5, 0.6) is 0 Å². The predicted octanol–water partition coefficient (Wildman–Crippen LogP) is 2.95. The van der Waals surface area contributed by atoms with Crippen LogP contribution in [0.2, 0.25) is 0 Å². The van der Waals surface area contributed by atoms with E-state index in [-0.39, 0.29) is 24.2 Å². The number of alkyl halides is 3. The summed E-state index contributed by atoms with van der Waals surface area (Å²) < 4.78 is 3.78. The van der Waals surface area contributed by atoms with Gasteiger partial charge in [-0.25, -0.2) is 0 Å². The van der Waals surface area contributed by atoms with Gasteiger partial charge in [-0.3, -0.25) is 10.5 Å². The van der Waals surface area contributed by atoms with Crippen molar-refractivity contribution < 1.29 is 9.53 Å². The number of halogens is 3. The number of nitrogens with two attached hydrogens (primary N) is 1. The molecule has 1 aliphatic carbocycles. The summed E-state index contributed by atoms with van der Waals surface area (Å²) in [5.74, 6) is 0.0808. The molecule has 1 saturated heterocycles. The quantitative estimate of drug-likeness (QED) is 0.700. The number of hydrogen-bond acceptors (Lipinski definition) is 3. The number of carbonyl (C=O) groups is 1. The van der Waals surface area contributed by atoms with E-state index in [1.807, 2.05) is 0 Å². The monoisotopic (exact) mass is 299 g/mol. The van der Waals surface area contributed by atoms with Crippen molar-refractivity contribution in [2.75, 3.05) is 6.61 Å². The van der Waals surface area contributed by atoms with Crippen LogP contribution in [-0.4, -0.2) is 21.9 Å². The molecule has 2 fully saturated rings. The van der Waals surface area contributed by atoms with Crippen LogP contribution in [0.25, 0.3) is 0 Å². The molecule has 0 aromatic heterocycles. The first-order chi connectivity index (χ1) is 7.79. The average molecular weight is 301 g/mol. The lowest BCUT2D eigenvalue weighted by atomic mass is 9.69. The molecule has 1 heterocycles. The smallest absolute Gasteiger partial charge is 0.232 e. The third-order valence-electron chi connectivity index (χ3n) is 3.91. The molecule has 1 aliphatic heterocycles. The van der Waals surface area contributed by atoms with Gasteiger partial charge in [-0.1, -0.05) is 54.1 Å². The van der Waals surface area contributed by atoms with Crippen molar-refractivity contribution >= 4 is 40.6 Å². The lowest BCUT2D eigenvalue weighted by molar-refractivity contribution is -0.167. The van der Waals surface area contributed by atoms with Crippen molar-refractivity contribution in [3.05, 3.63) is 0 Å². The Hall–Kier alpha value is 0.460. The molecular weight excluding hydrogens is 284 g/mol. The highest BCUT2D eigenvalue weighted by atomic mass is 35.6. The minimum atomic E-state index is -1.78. The second-order valence-corrected chi connectivity index (χ2v) is 7.40. The predicted molar refractivity (Wildman–Crippen MR) is 68.3 cm³/mol.